The zero-order valence-electron chi connectivity index (χ0n) is 10.8. The van der Waals surface area contributed by atoms with Crippen LogP contribution in [0.3, 0.4) is 0 Å². The van der Waals surface area contributed by atoms with Gasteiger partial charge in [0.1, 0.15) is 5.56 Å². The number of aromatic nitrogens is 3. The third kappa shape index (κ3) is 2.40. The first-order valence-corrected chi connectivity index (χ1v) is 7.03. The number of carbonyl (C=O) groups excluding carboxylic acids is 1. The lowest BCUT2D eigenvalue weighted by Gasteiger charge is -2.05. The summed E-state index contributed by atoms with van der Waals surface area (Å²) in [4.78, 5) is 15.7. The third-order valence-corrected chi connectivity index (χ3v) is 3.46. The second kappa shape index (κ2) is 5.02. The minimum atomic E-state index is -4.19. The number of pyridine rings is 1. The highest BCUT2D eigenvalue weighted by molar-refractivity contribution is 7.89. The average Bonchev–Trinajstić information content (AvgIpc) is 2.76. The van der Waals surface area contributed by atoms with Crippen molar-refractivity contribution in [2.45, 2.75) is 11.9 Å². The minimum Gasteiger partial charge on any atom is -0.465 e. The van der Waals surface area contributed by atoms with Crippen LogP contribution < -0.4 is 5.14 Å². The van der Waals surface area contributed by atoms with E-state index in [1.807, 2.05) is 0 Å². The van der Waals surface area contributed by atoms with Crippen LogP contribution in [0.2, 0.25) is 0 Å². The maximum atomic E-state index is 11.8. The molecule has 0 aliphatic carbocycles. The predicted molar refractivity (Wildman–Crippen MR) is 68.8 cm³/mol. The Morgan fingerprint density at radius 2 is 2.10 bits per heavy atom. The molecule has 0 radical (unpaired) electrons. The Kier molecular flexibility index (Phi) is 3.55. The second-order valence-corrected chi connectivity index (χ2v) is 5.38. The van der Waals surface area contributed by atoms with E-state index in [1.165, 1.54) is 13.1 Å². The number of esters is 1. The largest absolute Gasteiger partial charge is 0.465 e. The van der Waals surface area contributed by atoms with Crippen LogP contribution in [0.4, 0.5) is 0 Å². The molecule has 0 unspecified atom stereocenters. The number of nitrogens with zero attached hydrogens (tertiary/aromatic N) is 3. The van der Waals surface area contributed by atoms with Gasteiger partial charge in [-0.05, 0) is 19.1 Å². The second-order valence-electron chi connectivity index (χ2n) is 3.90. The van der Waals surface area contributed by atoms with E-state index in [4.69, 9.17) is 5.14 Å². The van der Waals surface area contributed by atoms with Crippen LogP contribution in [0.1, 0.15) is 16.1 Å². The average molecular weight is 296 g/mol. The van der Waals surface area contributed by atoms with E-state index in [0.29, 0.717) is 0 Å². The van der Waals surface area contributed by atoms with Gasteiger partial charge in [-0.2, -0.15) is 5.10 Å². The van der Waals surface area contributed by atoms with Gasteiger partial charge >= 0.3 is 5.97 Å². The summed E-state index contributed by atoms with van der Waals surface area (Å²) in [5.41, 5.74) is -0.00724. The normalized spacial score (nSPS) is 11.3. The number of methoxy groups -OCH3 is 1. The summed E-state index contributed by atoms with van der Waals surface area (Å²) in [6, 6.07) is 4.87. The van der Waals surface area contributed by atoms with Crippen molar-refractivity contribution in [2.75, 3.05) is 7.11 Å². The van der Waals surface area contributed by atoms with E-state index in [1.54, 1.807) is 18.2 Å². The fourth-order valence-electron chi connectivity index (χ4n) is 1.74. The molecule has 0 bridgehead atoms. The Bertz CT molecular complexity index is 752. The molecular weight excluding hydrogens is 284 g/mol. The van der Waals surface area contributed by atoms with E-state index in [-0.39, 0.29) is 17.1 Å². The standard InChI is InChI=1S/C11H12N4O4S/c1-7-9(11(16)19-2)10(20(12,17)18)15(14-7)8-5-3-4-6-13-8/h3-6H,1-2H3,(H2,12,17,18). The van der Waals surface area contributed by atoms with Crippen molar-refractivity contribution >= 4 is 16.0 Å². The number of sulfonamides is 1. The van der Waals surface area contributed by atoms with Crippen LogP contribution in [-0.2, 0) is 14.8 Å². The molecule has 106 valence electrons. The molecule has 0 fully saturated rings. The molecule has 8 nitrogen and oxygen atoms in total. The molecule has 2 N–H and O–H groups in total. The van der Waals surface area contributed by atoms with Gasteiger partial charge in [0, 0.05) is 6.20 Å². The van der Waals surface area contributed by atoms with E-state index in [0.717, 1.165) is 11.8 Å². The number of rotatable bonds is 3. The summed E-state index contributed by atoms with van der Waals surface area (Å²) in [5.74, 6) is -0.594. The maximum Gasteiger partial charge on any atom is 0.342 e. The van der Waals surface area contributed by atoms with Crippen LogP contribution in [0.5, 0.6) is 0 Å². The molecule has 0 saturated heterocycles. The van der Waals surface area contributed by atoms with Gasteiger partial charge in [-0.3, -0.25) is 0 Å². The molecule has 2 aromatic rings. The lowest BCUT2D eigenvalue weighted by Crippen LogP contribution is -2.21. The zero-order valence-corrected chi connectivity index (χ0v) is 11.6. The van der Waals surface area contributed by atoms with Crippen molar-refractivity contribution < 1.29 is 17.9 Å². The first-order chi connectivity index (χ1) is 9.36. The van der Waals surface area contributed by atoms with Gasteiger partial charge in [0.2, 0.25) is 0 Å². The Labute approximate surface area is 115 Å². The molecular formula is C11H12N4O4S. The van der Waals surface area contributed by atoms with Gasteiger partial charge in [-0.1, -0.05) is 6.07 Å². The quantitative estimate of drug-likeness (QED) is 0.797. The molecule has 0 aliphatic rings. The highest BCUT2D eigenvalue weighted by Crippen LogP contribution is 2.22. The number of carbonyl (C=O) groups is 1. The van der Waals surface area contributed by atoms with Crippen LogP contribution in [0.25, 0.3) is 5.82 Å². The monoisotopic (exact) mass is 296 g/mol. The highest BCUT2D eigenvalue weighted by atomic mass is 32.2. The van der Waals surface area contributed by atoms with E-state index < -0.39 is 21.0 Å². The van der Waals surface area contributed by atoms with Crippen LogP contribution in [0.15, 0.2) is 29.4 Å². The number of primary sulfonamides is 1. The minimum absolute atomic E-state index is 0.187. The van der Waals surface area contributed by atoms with Crippen molar-refractivity contribution in [3.05, 3.63) is 35.7 Å². The SMILES string of the molecule is COC(=O)c1c(C)nn(-c2ccccn2)c1S(N)(=O)=O. The van der Waals surface area contributed by atoms with E-state index in [2.05, 4.69) is 14.8 Å². The van der Waals surface area contributed by atoms with E-state index in [9.17, 15) is 13.2 Å². The van der Waals surface area contributed by atoms with Gasteiger partial charge in [-0.25, -0.2) is 28.0 Å². The summed E-state index contributed by atoms with van der Waals surface area (Å²) in [5, 5.41) is 8.74. The van der Waals surface area contributed by atoms with Gasteiger partial charge < -0.3 is 4.74 Å². The lowest BCUT2D eigenvalue weighted by molar-refractivity contribution is 0.0595. The van der Waals surface area contributed by atoms with Crippen LogP contribution >= 0.6 is 0 Å². The molecule has 0 saturated carbocycles. The molecule has 0 atom stereocenters. The molecule has 0 aromatic carbocycles. The number of aryl methyl sites for hydroxylation is 1. The van der Waals surface area contributed by atoms with Crippen molar-refractivity contribution in [2.24, 2.45) is 5.14 Å². The summed E-state index contributed by atoms with van der Waals surface area (Å²) in [6.45, 7) is 1.49. The summed E-state index contributed by atoms with van der Waals surface area (Å²) in [6.07, 6.45) is 1.47. The molecule has 0 spiro atoms. The smallest absolute Gasteiger partial charge is 0.342 e. The Morgan fingerprint density at radius 3 is 2.60 bits per heavy atom. The molecule has 9 heteroatoms. The van der Waals surface area contributed by atoms with Gasteiger partial charge in [0.15, 0.2) is 10.8 Å². The third-order valence-electron chi connectivity index (χ3n) is 2.54. The summed E-state index contributed by atoms with van der Waals surface area (Å²) in [7, 11) is -3.04. The predicted octanol–water partition coefficient (Wildman–Crippen LogP) is 0.00972. The summed E-state index contributed by atoms with van der Waals surface area (Å²) < 4.78 is 29.1. The van der Waals surface area contributed by atoms with Crippen molar-refractivity contribution in [3.8, 4) is 5.82 Å². The molecule has 0 aliphatic heterocycles. The first kappa shape index (κ1) is 14.2. The number of hydrogen-bond acceptors (Lipinski definition) is 6. The van der Waals surface area contributed by atoms with Crippen molar-refractivity contribution in [3.63, 3.8) is 0 Å². The number of hydrogen-bond donors (Lipinski definition) is 1. The lowest BCUT2D eigenvalue weighted by atomic mass is 10.3. The Morgan fingerprint density at radius 1 is 1.40 bits per heavy atom. The van der Waals surface area contributed by atoms with Gasteiger partial charge in [0.05, 0.1) is 12.8 Å². The van der Waals surface area contributed by atoms with E-state index >= 15 is 0 Å². The Hall–Kier alpha value is -2.26. The first-order valence-electron chi connectivity index (χ1n) is 5.48. The molecule has 20 heavy (non-hydrogen) atoms. The topological polar surface area (TPSA) is 117 Å². The fourth-order valence-corrected chi connectivity index (χ4v) is 2.63. The van der Waals surface area contributed by atoms with Crippen molar-refractivity contribution in [1.29, 1.82) is 0 Å². The Balaban J connectivity index is 2.81. The number of ether oxygens (including phenoxy) is 1. The van der Waals surface area contributed by atoms with Crippen LogP contribution in [-0.4, -0.2) is 36.3 Å². The molecule has 0 amide bonds. The van der Waals surface area contributed by atoms with Crippen molar-refractivity contribution in [1.82, 2.24) is 14.8 Å². The highest BCUT2D eigenvalue weighted by Gasteiger charge is 2.30. The maximum absolute atomic E-state index is 11.8. The molecule has 2 heterocycles. The van der Waals surface area contributed by atoms with Gasteiger partial charge in [0.25, 0.3) is 10.0 Å². The molecule has 2 aromatic heterocycles. The van der Waals surface area contributed by atoms with Gasteiger partial charge in [-0.15, -0.1) is 0 Å². The number of nitrogens with two attached hydrogens (primary N) is 1. The van der Waals surface area contributed by atoms with Crippen LogP contribution in [0, 0.1) is 6.92 Å². The summed E-state index contributed by atoms with van der Waals surface area (Å²) >= 11 is 0. The molecule has 2 rings (SSSR count). The fraction of sp³-hybridized carbons (Fsp3) is 0.182. The zero-order chi connectivity index (χ0) is 14.9.